The van der Waals surface area contributed by atoms with Crippen molar-refractivity contribution in [3.8, 4) is 0 Å². The number of hydrogen-bond acceptors (Lipinski definition) is 4. The van der Waals surface area contributed by atoms with E-state index in [9.17, 15) is 0 Å². The van der Waals surface area contributed by atoms with Gasteiger partial charge in [0, 0.05) is 18.2 Å². The lowest BCUT2D eigenvalue weighted by atomic mass is 9.97. The second-order valence-corrected chi connectivity index (χ2v) is 4.98. The number of hydrogen-bond donors (Lipinski definition) is 0. The summed E-state index contributed by atoms with van der Waals surface area (Å²) in [5, 5.41) is 1.12. The molecule has 0 radical (unpaired) electrons. The zero-order valence-electron chi connectivity index (χ0n) is 8.20. The molecule has 0 amide bonds. The van der Waals surface area contributed by atoms with E-state index in [1.165, 1.54) is 4.88 Å². The average molecular weight is 198 g/mol. The minimum atomic E-state index is 0.0412. The first kappa shape index (κ1) is 8.97. The molecule has 1 aliphatic rings. The number of nitrogens with zero attached hydrogens (tertiary/aromatic N) is 2. The molecule has 4 heteroatoms. The lowest BCUT2D eigenvalue weighted by Gasteiger charge is -2.46. The normalized spacial score (nSPS) is 20.1. The predicted octanol–water partition coefficient (Wildman–Crippen LogP) is 1.68. The summed E-state index contributed by atoms with van der Waals surface area (Å²) in [4.78, 5) is 7.84. The summed E-state index contributed by atoms with van der Waals surface area (Å²) in [5.74, 6) is 0. The predicted molar refractivity (Wildman–Crippen MR) is 54.5 cm³/mol. The van der Waals surface area contributed by atoms with E-state index in [1.807, 2.05) is 6.20 Å². The molecule has 1 aliphatic heterocycles. The molecule has 1 aromatic rings. The maximum atomic E-state index is 5.37. The highest BCUT2D eigenvalue weighted by Gasteiger charge is 2.39. The maximum Gasteiger partial charge on any atom is 0.185 e. The van der Waals surface area contributed by atoms with Crippen LogP contribution in [0.5, 0.6) is 0 Å². The molecule has 3 nitrogen and oxygen atoms in total. The molecule has 0 saturated carbocycles. The quantitative estimate of drug-likeness (QED) is 0.723. The monoisotopic (exact) mass is 198 g/mol. The SMILES string of the molecule is COC1(C)CN(c2ncc(C)s2)C1. The van der Waals surface area contributed by atoms with Crippen LogP contribution in [0.1, 0.15) is 11.8 Å². The Labute approximate surface area is 82.3 Å². The van der Waals surface area contributed by atoms with Crippen molar-refractivity contribution in [3.63, 3.8) is 0 Å². The lowest BCUT2D eigenvalue weighted by Crippen LogP contribution is -2.61. The van der Waals surface area contributed by atoms with Crippen LogP contribution in [-0.4, -0.2) is 30.8 Å². The molecule has 13 heavy (non-hydrogen) atoms. The van der Waals surface area contributed by atoms with E-state index in [-0.39, 0.29) is 5.60 Å². The number of aromatic nitrogens is 1. The van der Waals surface area contributed by atoms with E-state index in [1.54, 1.807) is 18.4 Å². The van der Waals surface area contributed by atoms with Gasteiger partial charge in [-0.05, 0) is 13.8 Å². The van der Waals surface area contributed by atoms with Gasteiger partial charge in [0.25, 0.3) is 0 Å². The molecule has 1 fully saturated rings. The van der Waals surface area contributed by atoms with Gasteiger partial charge in [0.05, 0.1) is 18.7 Å². The van der Waals surface area contributed by atoms with Crippen LogP contribution in [0.4, 0.5) is 5.13 Å². The minimum absolute atomic E-state index is 0.0412. The van der Waals surface area contributed by atoms with E-state index in [4.69, 9.17) is 4.74 Å². The van der Waals surface area contributed by atoms with Crippen LogP contribution in [-0.2, 0) is 4.74 Å². The van der Waals surface area contributed by atoms with Gasteiger partial charge in [-0.2, -0.15) is 0 Å². The van der Waals surface area contributed by atoms with Crippen LogP contribution in [0.2, 0.25) is 0 Å². The lowest BCUT2D eigenvalue weighted by molar-refractivity contribution is -0.0167. The fourth-order valence-electron chi connectivity index (χ4n) is 1.51. The van der Waals surface area contributed by atoms with Gasteiger partial charge < -0.3 is 9.64 Å². The third kappa shape index (κ3) is 1.56. The summed E-state index contributed by atoms with van der Waals surface area (Å²) >= 11 is 1.74. The molecule has 0 aliphatic carbocycles. The van der Waals surface area contributed by atoms with Crippen LogP contribution in [0.3, 0.4) is 0 Å². The van der Waals surface area contributed by atoms with E-state index in [0.29, 0.717) is 0 Å². The highest BCUT2D eigenvalue weighted by molar-refractivity contribution is 7.15. The average Bonchev–Trinajstić information content (AvgIpc) is 2.46. The fourth-order valence-corrected chi connectivity index (χ4v) is 2.27. The van der Waals surface area contributed by atoms with Crippen molar-refractivity contribution in [2.24, 2.45) is 0 Å². The highest BCUT2D eigenvalue weighted by atomic mass is 32.1. The Kier molecular flexibility index (Phi) is 2.04. The van der Waals surface area contributed by atoms with Crippen molar-refractivity contribution in [2.45, 2.75) is 19.4 Å². The molecule has 0 aromatic carbocycles. The summed E-state index contributed by atoms with van der Waals surface area (Å²) in [7, 11) is 1.77. The zero-order chi connectivity index (χ0) is 9.47. The van der Waals surface area contributed by atoms with Crippen molar-refractivity contribution in [2.75, 3.05) is 25.1 Å². The molecule has 2 heterocycles. The van der Waals surface area contributed by atoms with Gasteiger partial charge in [-0.3, -0.25) is 0 Å². The third-order valence-corrected chi connectivity index (χ3v) is 3.40. The van der Waals surface area contributed by atoms with Crippen LogP contribution in [0.15, 0.2) is 6.20 Å². The second kappa shape index (κ2) is 2.96. The number of methoxy groups -OCH3 is 1. The van der Waals surface area contributed by atoms with E-state index >= 15 is 0 Å². The van der Waals surface area contributed by atoms with Crippen LogP contribution >= 0.6 is 11.3 Å². The Balaban J connectivity index is 2.01. The summed E-state index contributed by atoms with van der Waals surface area (Å²) in [6.45, 7) is 6.12. The molecule has 0 bridgehead atoms. The fraction of sp³-hybridized carbons (Fsp3) is 0.667. The van der Waals surface area contributed by atoms with Crippen molar-refractivity contribution in [1.29, 1.82) is 0 Å². The number of rotatable bonds is 2. The summed E-state index contributed by atoms with van der Waals surface area (Å²) in [6, 6.07) is 0. The number of ether oxygens (including phenoxy) is 1. The van der Waals surface area contributed by atoms with Crippen molar-refractivity contribution in [1.82, 2.24) is 4.98 Å². The van der Waals surface area contributed by atoms with Gasteiger partial charge in [0.1, 0.15) is 0 Å². The molecule has 2 rings (SSSR count). The van der Waals surface area contributed by atoms with E-state index in [2.05, 4.69) is 23.7 Å². The molecule has 72 valence electrons. The van der Waals surface area contributed by atoms with Crippen LogP contribution < -0.4 is 4.90 Å². The molecule has 0 atom stereocenters. The van der Waals surface area contributed by atoms with Crippen molar-refractivity contribution >= 4 is 16.5 Å². The number of aryl methyl sites for hydroxylation is 1. The number of anilines is 1. The number of thiazole rings is 1. The molecule has 0 spiro atoms. The van der Waals surface area contributed by atoms with E-state index < -0.39 is 0 Å². The molecular formula is C9H14N2OS. The largest absolute Gasteiger partial charge is 0.375 e. The van der Waals surface area contributed by atoms with E-state index in [0.717, 1.165) is 18.2 Å². The van der Waals surface area contributed by atoms with Gasteiger partial charge in [0.15, 0.2) is 5.13 Å². The minimum Gasteiger partial charge on any atom is -0.375 e. The van der Waals surface area contributed by atoms with Crippen molar-refractivity contribution in [3.05, 3.63) is 11.1 Å². The Bertz CT molecular complexity index is 304. The highest BCUT2D eigenvalue weighted by Crippen LogP contribution is 2.32. The maximum absolute atomic E-state index is 5.37. The van der Waals surface area contributed by atoms with Crippen molar-refractivity contribution < 1.29 is 4.74 Å². The summed E-state index contributed by atoms with van der Waals surface area (Å²) in [5.41, 5.74) is 0.0412. The summed E-state index contributed by atoms with van der Waals surface area (Å²) in [6.07, 6.45) is 1.92. The van der Waals surface area contributed by atoms with Gasteiger partial charge in [-0.15, -0.1) is 11.3 Å². The van der Waals surface area contributed by atoms with Gasteiger partial charge in [-0.25, -0.2) is 4.98 Å². The molecule has 1 aromatic heterocycles. The Hall–Kier alpha value is -0.610. The second-order valence-electron chi connectivity index (χ2n) is 3.76. The molecule has 0 unspecified atom stereocenters. The summed E-state index contributed by atoms with van der Waals surface area (Å²) < 4.78 is 5.37. The topological polar surface area (TPSA) is 25.4 Å². The van der Waals surface area contributed by atoms with Crippen LogP contribution in [0, 0.1) is 6.92 Å². The smallest absolute Gasteiger partial charge is 0.185 e. The van der Waals surface area contributed by atoms with Gasteiger partial charge >= 0.3 is 0 Å². The first-order valence-electron chi connectivity index (χ1n) is 4.35. The Morgan fingerprint density at radius 2 is 2.31 bits per heavy atom. The first-order chi connectivity index (χ1) is 6.13. The van der Waals surface area contributed by atoms with Gasteiger partial charge in [-0.1, -0.05) is 0 Å². The molecule has 1 saturated heterocycles. The zero-order valence-corrected chi connectivity index (χ0v) is 9.02. The Morgan fingerprint density at radius 3 is 2.77 bits per heavy atom. The Morgan fingerprint density at radius 1 is 1.62 bits per heavy atom. The third-order valence-electron chi connectivity index (χ3n) is 2.42. The van der Waals surface area contributed by atoms with Crippen LogP contribution in [0.25, 0.3) is 0 Å². The first-order valence-corrected chi connectivity index (χ1v) is 5.17. The molecule has 0 N–H and O–H groups in total. The van der Waals surface area contributed by atoms with Gasteiger partial charge in [0.2, 0.25) is 0 Å². The standard InChI is InChI=1S/C9H14N2OS/c1-7-4-10-8(13-7)11-5-9(2,6-11)12-3/h4H,5-6H2,1-3H3. The molecular weight excluding hydrogens is 184 g/mol.